The van der Waals surface area contributed by atoms with Gasteiger partial charge >= 0.3 is 0 Å². The Kier molecular flexibility index (Phi) is 5.68. The van der Waals surface area contributed by atoms with Crippen molar-refractivity contribution in [3.8, 4) is 0 Å². The molecule has 0 spiro atoms. The van der Waals surface area contributed by atoms with Crippen LogP contribution in [0.1, 0.15) is 45.4 Å². The van der Waals surface area contributed by atoms with E-state index in [0.717, 1.165) is 6.42 Å². The van der Waals surface area contributed by atoms with Gasteiger partial charge in [-0.25, -0.2) is 0 Å². The summed E-state index contributed by atoms with van der Waals surface area (Å²) >= 11 is 0. The topological polar surface area (TPSA) is 9.23 Å². The summed E-state index contributed by atoms with van der Waals surface area (Å²) in [6, 6.07) is 24.3. The van der Waals surface area contributed by atoms with Crippen LogP contribution in [0.3, 0.4) is 0 Å². The van der Waals surface area contributed by atoms with Crippen molar-refractivity contribution in [2.45, 2.75) is 51.6 Å². The molecule has 1 fully saturated rings. The highest BCUT2D eigenvalue weighted by Crippen LogP contribution is 2.25. The van der Waals surface area contributed by atoms with Crippen LogP contribution in [0.2, 0.25) is 0 Å². The highest BCUT2D eigenvalue weighted by Gasteiger charge is 2.41. The van der Waals surface area contributed by atoms with Gasteiger partial charge in [0.15, 0.2) is 0 Å². The van der Waals surface area contributed by atoms with E-state index < -0.39 is 8.32 Å². The highest BCUT2D eigenvalue weighted by molar-refractivity contribution is 7.00. The number of hydrogen-bond acceptors (Lipinski definition) is 1. The first-order chi connectivity index (χ1) is 11.3. The fraction of sp³-hybridized carbons (Fsp3) is 0.381. The Hall–Kier alpha value is -1.38. The Morgan fingerprint density at radius 2 is 1.39 bits per heavy atom. The molecule has 0 bridgehead atoms. The first-order valence-electron chi connectivity index (χ1n) is 8.98. The SMILES string of the molecule is CC[CH][Si](OC1CCCCC1)(c1ccccc1)c1ccccc1. The van der Waals surface area contributed by atoms with E-state index in [2.05, 4.69) is 73.6 Å². The summed E-state index contributed by atoms with van der Waals surface area (Å²) in [7, 11) is -2.26. The molecule has 0 N–H and O–H groups in total. The maximum Gasteiger partial charge on any atom is 0.259 e. The first kappa shape index (κ1) is 16.5. The number of rotatable bonds is 6. The Morgan fingerprint density at radius 3 is 1.87 bits per heavy atom. The molecule has 1 saturated carbocycles. The van der Waals surface area contributed by atoms with Gasteiger partial charge in [0.1, 0.15) is 0 Å². The van der Waals surface area contributed by atoms with E-state index in [1.165, 1.54) is 42.5 Å². The largest absolute Gasteiger partial charge is 0.405 e. The maximum absolute atomic E-state index is 6.97. The molecule has 1 aliphatic rings. The van der Waals surface area contributed by atoms with Crippen molar-refractivity contribution >= 4 is 18.7 Å². The van der Waals surface area contributed by atoms with Crippen LogP contribution in [-0.2, 0) is 4.43 Å². The van der Waals surface area contributed by atoms with E-state index >= 15 is 0 Å². The molecule has 0 saturated heterocycles. The van der Waals surface area contributed by atoms with Gasteiger partial charge in [0, 0.05) is 6.10 Å². The molecule has 3 rings (SSSR count). The van der Waals surface area contributed by atoms with Crippen LogP contribution < -0.4 is 10.4 Å². The predicted octanol–water partition coefficient (Wildman–Crippen LogP) is 4.25. The van der Waals surface area contributed by atoms with E-state index in [4.69, 9.17) is 4.43 Å². The molecule has 23 heavy (non-hydrogen) atoms. The van der Waals surface area contributed by atoms with Crippen LogP contribution in [0, 0.1) is 6.04 Å². The third kappa shape index (κ3) is 3.76. The molecule has 0 atom stereocenters. The van der Waals surface area contributed by atoms with Gasteiger partial charge < -0.3 is 4.43 Å². The molecule has 2 aromatic carbocycles. The minimum atomic E-state index is -2.26. The van der Waals surface area contributed by atoms with Crippen molar-refractivity contribution in [3.63, 3.8) is 0 Å². The van der Waals surface area contributed by atoms with Crippen molar-refractivity contribution in [3.05, 3.63) is 66.7 Å². The summed E-state index contributed by atoms with van der Waals surface area (Å²) < 4.78 is 6.97. The zero-order chi connectivity index (χ0) is 16.0. The van der Waals surface area contributed by atoms with Crippen LogP contribution in [0.25, 0.3) is 0 Å². The monoisotopic (exact) mass is 323 g/mol. The molecular weight excluding hydrogens is 296 g/mol. The highest BCUT2D eigenvalue weighted by atomic mass is 28.4. The third-order valence-electron chi connectivity index (χ3n) is 4.80. The summed E-state index contributed by atoms with van der Waals surface area (Å²) in [6.45, 7) is 2.23. The lowest BCUT2D eigenvalue weighted by atomic mass is 9.98. The van der Waals surface area contributed by atoms with E-state index in [1.807, 2.05) is 0 Å². The van der Waals surface area contributed by atoms with Crippen LogP contribution >= 0.6 is 0 Å². The molecule has 2 heteroatoms. The van der Waals surface area contributed by atoms with E-state index in [1.54, 1.807) is 0 Å². The van der Waals surface area contributed by atoms with Crippen molar-refractivity contribution in [2.75, 3.05) is 0 Å². The summed E-state index contributed by atoms with van der Waals surface area (Å²) in [5, 5.41) is 2.75. The smallest absolute Gasteiger partial charge is 0.259 e. The summed E-state index contributed by atoms with van der Waals surface area (Å²) in [5.74, 6) is 0. The lowest BCUT2D eigenvalue weighted by Gasteiger charge is -2.37. The molecule has 0 aromatic heterocycles. The Bertz CT molecular complexity index is 536. The molecule has 1 nitrogen and oxygen atoms in total. The van der Waals surface area contributed by atoms with Gasteiger partial charge in [0.05, 0.1) is 0 Å². The van der Waals surface area contributed by atoms with Gasteiger partial charge in [-0.1, -0.05) is 93.3 Å². The second-order valence-electron chi connectivity index (χ2n) is 6.46. The maximum atomic E-state index is 6.97. The van der Waals surface area contributed by atoms with Crippen molar-refractivity contribution in [1.82, 2.24) is 0 Å². The van der Waals surface area contributed by atoms with Gasteiger partial charge in [-0.3, -0.25) is 0 Å². The quantitative estimate of drug-likeness (QED) is 0.722. The summed E-state index contributed by atoms with van der Waals surface area (Å²) in [5.41, 5.74) is 0. The Labute approximate surface area is 141 Å². The lowest BCUT2D eigenvalue weighted by molar-refractivity contribution is 0.152. The first-order valence-corrected chi connectivity index (χ1v) is 11.0. The van der Waals surface area contributed by atoms with Crippen molar-refractivity contribution in [1.29, 1.82) is 0 Å². The molecule has 0 heterocycles. The summed E-state index contributed by atoms with van der Waals surface area (Å²) in [4.78, 5) is 0. The minimum Gasteiger partial charge on any atom is -0.405 e. The van der Waals surface area contributed by atoms with Crippen LogP contribution in [0.15, 0.2) is 60.7 Å². The zero-order valence-electron chi connectivity index (χ0n) is 14.1. The van der Waals surface area contributed by atoms with E-state index in [9.17, 15) is 0 Å². The normalized spacial score (nSPS) is 16.4. The lowest BCUT2D eigenvalue weighted by Crippen LogP contribution is -2.63. The molecule has 2 aromatic rings. The zero-order valence-corrected chi connectivity index (χ0v) is 15.1. The third-order valence-corrected chi connectivity index (χ3v) is 8.87. The fourth-order valence-electron chi connectivity index (χ4n) is 3.69. The average Bonchev–Trinajstić information content (AvgIpc) is 2.64. The van der Waals surface area contributed by atoms with Crippen LogP contribution in [0.4, 0.5) is 0 Å². The van der Waals surface area contributed by atoms with Gasteiger partial charge in [-0.05, 0) is 29.3 Å². The van der Waals surface area contributed by atoms with Gasteiger partial charge in [-0.15, -0.1) is 0 Å². The van der Waals surface area contributed by atoms with Crippen molar-refractivity contribution < 1.29 is 4.43 Å². The standard InChI is InChI=1S/C21H27OSi/c1-2-18-23(20-14-8-4-9-15-20,21-16-10-5-11-17-21)22-19-12-6-3-7-13-19/h4-5,8-11,14-19H,2-3,6-7,12-13H2,1H3. The van der Waals surface area contributed by atoms with Crippen LogP contribution in [0.5, 0.6) is 0 Å². The van der Waals surface area contributed by atoms with E-state index in [0.29, 0.717) is 6.10 Å². The Balaban J connectivity index is 2.02. The van der Waals surface area contributed by atoms with Gasteiger partial charge in [-0.2, -0.15) is 0 Å². The average molecular weight is 324 g/mol. The molecular formula is C21H27OSi. The molecule has 0 unspecified atom stereocenters. The molecule has 0 amide bonds. The second kappa shape index (κ2) is 7.94. The number of hydrogen-bond donors (Lipinski definition) is 0. The number of benzene rings is 2. The molecule has 121 valence electrons. The summed E-state index contributed by atoms with van der Waals surface area (Å²) in [6.07, 6.45) is 7.87. The van der Waals surface area contributed by atoms with Gasteiger partial charge in [0.25, 0.3) is 8.32 Å². The predicted molar refractivity (Wildman–Crippen MR) is 100 cm³/mol. The molecule has 1 radical (unpaired) electrons. The fourth-order valence-corrected chi connectivity index (χ4v) is 7.58. The Morgan fingerprint density at radius 1 is 0.870 bits per heavy atom. The molecule has 1 aliphatic carbocycles. The van der Waals surface area contributed by atoms with Crippen molar-refractivity contribution in [2.24, 2.45) is 0 Å². The molecule has 0 aliphatic heterocycles. The van der Waals surface area contributed by atoms with Crippen LogP contribution in [-0.4, -0.2) is 14.4 Å². The minimum absolute atomic E-state index is 0.415. The second-order valence-corrected chi connectivity index (χ2v) is 9.73. The van der Waals surface area contributed by atoms with E-state index in [-0.39, 0.29) is 0 Å². The van der Waals surface area contributed by atoms with Gasteiger partial charge in [0.2, 0.25) is 0 Å².